The van der Waals surface area contributed by atoms with Crippen molar-refractivity contribution >= 4 is 0 Å². The molecular formula is C18H24O4. The average Bonchev–Trinajstić information content (AvgIpc) is 2.81. The maximum Gasteiger partial charge on any atom is 0.165 e. The fraction of sp³-hybridized carbons (Fsp3) is 0.556. The minimum absolute atomic E-state index is 0.0513. The summed E-state index contributed by atoms with van der Waals surface area (Å²) >= 11 is 0. The van der Waals surface area contributed by atoms with Gasteiger partial charge in [0.05, 0.1) is 19.8 Å². The van der Waals surface area contributed by atoms with Crippen LogP contribution in [0.3, 0.4) is 0 Å². The Kier molecular flexibility index (Phi) is 5.84. The van der Waals surface area contributed by atoms with Crippen LogP contribution in [0.15, 0.2) is 24.3 Å². The molecule has 120 valence electrons. The Morgan fingerprint density at radius 1 is 1.23 bits per heavy atom. The van der Waals surface area contributed by atoms with E-state index in [0.717, 1.165) is 24.2 Å². The molecular weight excluding hydrogens is 280 g/mol. The topological polar surface area (TPSA) is 36.9 Å². The number of terminal acetylenes is 1. The van der Waals surface area contributed by atoms with Crippen molar-refractivity contribution in [2.75, 3.05) is 13.7 Å². The average molecular weight is 304 g/mol. The van der Waals surface area contributed by atoms with Gasteiger partial charge in [-0.05, 0) is 44.4 Å². The molecule has 2 atom stereocenters. The van der Waals surface area contributed by atoms with Crippen LogP contribution in [0.4, 0.5) is 0 Å². The number of benzene rings is 1. The highest BCUT2D eigenvalue weighted by Gasteiger charge is 2.39. The molecule has 1 aliphatic heterocycles. The smallest absolute Gasteiger partial charge is 0.165 e. The predicted octanol–water partition coefficient (Wildman–Crippen LogP) is 3.15. The second-order valence-electron chi connectivity index (χ2n) is 5.80. The Bertz CT molecular complexity index is 501. The lowest BCUT2D eigenvalue weighted by atomic mass is 10.1. The van der Waals surface area contributed by atoms with Gasteiger partial charge in [-0.25, -0.2) is 0 Å². The van der Waals surface area contributed by atoms with Crippen LogP contribution in [0.5, 0.6) is 5.75 Å². The highest BCUT2D eigenvalue weighted by Crippen LogP contribution is 2.30. The van der Waals surface area contributed by atoms with Gasteiger partial charge in [-0.15, -0.1) is 6.42 Å². The lowest BCUT2D eigenvalue weighted by Crippen LogP contribution is -2.21. The molecule has 0 N–H and O–H groups in total. The Hall–Kier alpha value is -1.54. The summed E-state index contributed by atoms with van der Waals surface area (Å²) in [4.78, 5) is 0. The largest absolute Gasteiger partial charge is 0.497 e. The Balaban J connectivity index is 1.66. The van der Waals surface area contributed by atoms with Gasteiger partial charge >= 0.3 is 0 Å². The highest BCUT2D eigenvalue weighted by atomic mass is 16.7. The number of hydrogen-bond acceptors (Lipinski definition) is 4. The molecule has 0 radical (unpaired) electrons. The van der Waals surface area contributed by atoms with Crippen molar-refractivity contribution in [2.24, 2.45) is 0 Å². The first-order chi connectivity index (χ1) is 10.5. The van der Waals surface area contributed by atoms with Crippen LogP contribution in [0.25, 0.3) is 0 Å². The van der Waals surface area contributed by atoms with Gasteiger partial charge in [-0.1, -0.05) is 18.1 Å². The van der Waals surface area contributed by atoms with Gasteiger partial charge < -0.3 is 18.9 Å². The van der Waals surface area contributed by atoms with Gasteiger partial charge in [0.25, 0.3) is 0 Å². The normalized spacial score (nSPS) is 23.2. The van der Waals surface area contributed by atoms with E-state index in [0.29, 0.717) is 13.2 Å². The monoisotopic (exact) mass is 304 g/mol. The number of ether oxygens (including phenoxy) is 4. The molecule has 1 aromatic rings. The highest BCUT2D eigenvalue weighted by molar-refractivity contribution is 5.26. The summed E-state index contributed by atoms with van der Waals surface area (Å²) < 4.78 is 22.3. The van der Waals surface area contributed by atoms with Crippen LogP contribution in [0, 0.1) is 12.3 Å². The van der Waals surface area contributed by atoms with E-state index in [1.807, 2.05) is 38.1 Å². The number of rotatable bonds is 7. The van der Waals surface area contributed by atoms with E-state index < -0.39 is 5.79 Å². The Morgan fingerprint density at radius 2 is 1.95 bits per heavy atom. The third kappa shape index (κ3) is 4.74. The third-order valence-corrected chi connectivity index (χ3v) is 3.55. The zero-order chi connectivity index (χ0) is 16.0. The maximum atomic E-state index is 5.81. The molecule has 22 heavy (non-hydrogen) atoms. The fourth-order valence-electron chi connectivity index (χ4n) is 2.49. The van der Waals surface area contributed by atoms with Crippen LogP contribution < -0.4 is 4.74 Å². The number of hydrogen-bond donors (Lipinski definition) is 0. The predicted molar refractivity (Wildman–Crippen MR) is 84.5 cm³/mol. The van der Waals surface area contributed by atoms with E-state index in [2.05, 4.69) is 5.92 Å². The molecule has 0 aromatic heterocycles. The van der Waals surface area contributed by atoms with Gasteiger partial charge in [0, 0.05) is 6.61 Å². The third-order valence-electron chi connectivity index (χ3n) is 3.55. The second kappa shape index (κ2) is 7.64. The molecule has 0 spiro atoms. The van der Waals surface area contributed by atoms with Crippen LogP contribution in [0.2, 0.25) is 0 Å². The molecule has 1 aromatic carbocycles. The van der Waals surface area contributed by atoms with Crippen molar-refractivity contribution in [1.82, 2.24) is 0 Å². The van der Waals surface area contributed by atoms with Gasteiger partial charge in [0.15, 0.2) is 5.79 Å². The van der Waals surface area contributed by atoms with Crippen molar-refractivity contribution in [3.63, 3.8) is 0 Å². The van der Waals surface area contributed by atoms with E-state index in [4.69, 9.17) is 25.4 Å². The zero-order valence-electron chi connectivity index (χ0n) is 13.5. The van der Waals surface area contributed by atoms with Crippen molar-refractivity contribution in [2.45, 2.75) is 51.3 Å². The zero-order valence-corrected chi connectivity index (χ0v) is 13.5. The molecule has 0 unspecified atom stereocenters. The first-order valence-corrected chi connectivity index (χ1v) is 7.56. The first kappa shape index (κ1) is 16.8. The Morgan fingerprint density at radius 3 is 2.59 bits per heavy atom. The van der Waals surface area contributed by atoms with E-state index in [9.17, 15) is 0 Å². The van der Waals surface area contributed by atoms with Crippen LogP contribution in [0.1, 0.15) is 32.3 Å². The van der Waals surface area contributed by atoms with E-state index in [1.165, 1.54) is 0 Å². The van der Waals surface area contributed by atoms with Crippen molar-refractivity contribution in [3.05, 3.63) is 29.8 Å². The van der Waals surface area contributed by atoms with E-state index >= 15 is 0 Å². The lowest BCUT2D eigenvalue weighted by molar-refractivity contribution is -0.143. The SMILES string of the molecule is C#C[C@@H]1OC(C)(C)O[C@H]1CCCOCc1ccc(OC)cc1. The van der Waals surface area contributed by atoms with Crippen LogP contribution in [-0.2, 0) is 20.8 Å². The van der Waals surface area contributed by atoms with Crippen molar-refractivity contribution in [3.8, 4) is 18.1 Å². The van der Waals surface area contributed by atoms with Crippen LogP contribution >= 0.6 is 0 Å². The molecule has 1 saturated heterocycles. The minimum atomic E-state index is -0.592. The summed E-state index contributed by atoms with van der Waals surface area (Å²) in [5, 5.41) is 0. The van der Waals surface area contributed by atoms with Crippen molar-refractivity contribution < 1.29 is 18.9 Å². The van der Waals surface area contributed by atoms with Gasteiger partial charge in [0.1, 0.15) is 11.9 Å². The van der Waals surface area contributed by atoms with Gasteiger partial charge in [-0.3, -0.25) is 0 Å². The molecule has 4 nitrogen and oxygen atoms in total. The molecule has 1 fully saturated rings. The second-order valence-corrected chi connectivity index (χ2v) is 5.80. The maximum absolute atomic E-state index is 5.81. The molecule has 1 heterocycles. The molecule has 4 heteroatoms. The fourth-order valence-corrected chi connectivity index (χ4v) is 2.49. The molecule has 0 amide bonds. The summed E-state index contributed by atoms with van der Waals surface area (Å²) in [6.45, 7) is 5.04. The number of methoxy groups -OCH3 is 1. The minimum Gasteiger partial charge on any atom is -0.497 e. The van der Waals surface area contributed by atoms with Gasteiger partial charge in [-0.2, -0.15) is 0 Å². The summed E-state index contributed by atoms with van der Waals surface area (Å²) in [6, 6.07) is 7.87. The summed E-state index contributed by atoms with van der Waals surface area (Å²) in [5.74, 6) is 2.91. The summed E-state index contributed by atoms with van der Waals surface area (Å²) in [7, 11) is 1.66. The van der Waals surface area contributed by atoms with Gasteiger partial charge in [0.2, 0.25) is 0 Å². The molecule has 0 saturated carbocycles. The van der Waals surface area contributed by atoms with Crippen LogP contribution in [-0.4, -0.2) is 31.7 Å². The summed E-state index contributed by atoms with van der Waals surface area (Å²) in [6.07, 6.45) is 6.88. The molecule has 0 bridgehead atoms. The lowest BCUT2D eigenvalue weighted by Gasteiger charge is -2.16. The molecule has 0 aliphatic carbocycles. The first-order valence-electron chi connectivity index (χ1n) is 7.56. The molecule has 2 rings (SSSR count). The standard InChI is InChI=1S/C18H24O4/c1-5-16-17(22-18(2,3)21-16)7-6-12-20-13-14-8-10-15(19-4)11-9-14/h1,8-11,16-17H,6-7,12-13H2,2-4H3/t16-,17-/m0/s1. The van der Waals surface area contributed by atoms with E-state index in [1.54, 1.807) is 7.11 Å². The summed E-state index contributed by atoms with van der Waals surface area (Å²) in [5.41, 5.74) is 1.13. The van der Waals surface area contributed by atoms with Crippen molar-refractivity contribution in [1.29, 1.82) is 0 Å². The Labute approximate surface area is 132 Å². The molecule has 1 aliphatic rings. The quantitative estimate of drug-likeness (QED) is 0.573. The van der Waals surface area contributed by atoms with E-state index in [-0.39, 0.29) is 12.2 Å².